The van der Waals surface area contributed by atoms with Crippen LogP contribution in [0.25, 0.3) is 10.4 Å². The zero-order chi connectivity index (χ0) is 28.6. The van der Waals surface area contributed by atoms with Crippen LogP contribution in [0.15, 0.2) is 30.3 Å². The topological polar surface area (TPSA) is 66.8 Å². The number of thiophene rings is 1. The van der Waals surface area contributed by atoms with Crippen molar-refractivity contribution in [3.05, 3.63) is 46.6 Å². The molecule has 1 aromatic heterocycles. The van der Waals surface area contributed by atoms with Crippen LogP contribution >= 0.6 is 11.3 Å². The summed E-state index contributed by atoms with van der Waals surface area (Å²) in [7, 11) is 1.00. The van der Waals surface area contributed by atoms with Gasteiger partial charge in [-0.1, -0.05) is 60.1 Å². The van der Waals surface area contributed by atoms with E-state index in [4.69, 9.17) is 14.9 Å². The average Bonchev–Trinajstić information content (AvgIpc) is 3.35. The van der Waals surface area contributed by atoms with E-state index in [1.807, 2.05) is 40.7 Å². The van der Waals surface area contributed by atoms with E-state index in [0.717, 1.165) is 72.2 Å². The number of rotatable bonds is 3. The molecule has 4 nitrogen and oxygen atoms in total. The lowest BCUT2D eigenvalue weighted by molar-refractivity contribution is 0.0654. The van der Waals surface area contributed by atoms with Crippen molar-refractivity contribution in [3.63, 3.8) is 0 Å². The number of aliphatic hydroxyl groups is 2. The summed E-state index contributed by atoms with van der Waals surface area (Å²) < 4.78 is 17.9. The number of aliphatic hydroxyl groups excluding tert-OH is 2. The van der Waals surface area contributed by atoms with Gasteiger partial charge in [-0.3, -0.25) is 4.79 Å². The summed E-state index contributed by atoms with van der Waals surface area (Å²) in [6.45, 7) is 16.4. The van der Waals surface area contributed by atoms with Crippen molar-refractivity contribution in [1.29, 1.82) is 0 Å². The van der Waals surface area contributed by atoms with Crippen LogP contribution in [0.1, 0.15) is 102 Å². The highest BCUT2D eigenvalue weighted by molar-refractivity contribution is 7.17. The normalized spacial score (nSPS) is 18.4. The quantitative estimate of drug-likeness (QED) is 0.382. The predicted octanol–water partition coefficient (Wildman–Crippen LogP) is 8.72. The molecule has 1 aliphatic heterocycles. The average molecular weight is 541 g/mol. The zero-order valence-electron chi connectivity index (χ0n) is 24.6. The van der Waals surface area contributed by atoms with Gasteiger partial charge in [0.15, 0.2) is 6.29 Å². The second-order valence-corrected chi connectivity index (χ2v) is 9.74. The van der Waals surface area contributed by atoms with Crippen LogP contribution in [0.3, 0.4) is 0 Å². The van der Waals surface area contributed by atoms with Crippen molar-refractivity contribution < 1.29 is 24.1 Å². The fourth-order valence-corrected chi connectivity index (χ4v) is 4.76. The first-order valence-electron chi connectivity index (χ1n) is 13.9. The molecule has 1 saturated carbocycles. The third-order valence-corrected chi connectivity index (χ3v) is 7.31. The number of carbonyl (C=O) groups excluding carboxylic acids is 1. The number of carbonyl (C=O) groups is 1. The first kappa shape index (κ1) is 37.6. The summed E-state index contributed by atoms with van der Waals surface area (Å²) in [5.74, 6) is 1.57. The third-order valence-electron chi connectivity index (χ3n) is 6.10. The summed E-state index contributed by atoms with van der Waals surface area (Å²) in [6.07, 6.45) is 9.29. The largest absolute Gasteiger partial charge is 0.400 e. The fraction of sp³-hybridized carbons (Fsp3) is 0.645. The molecule has 0 atom stereocenters. The summed E-state index contributed by atoms with van der Waals surface area (Å²) in [5, 5.41) is 16.0. The van der Waals surface area contributed by atoms with Gasteiger partial charge in [-0.2, -0.15) is 0 Å². The molecular formula is C31H53FO4S. The number of ether oxygens (including phenoxy) is 1. The summed E-state index contributed by atoms with van der Waals surface area (Å²) in [5.41, 5.74) is 1.91. The number of halogens is 1. The van der Waals surface area contributed by atoms with Crippen LogP contribution < -0.4 is 0 Å². The number of aryl methyl sites for hydroxylation is 1. The highest BCUT2D eigenvalue weighted by Crippen LogP contribution is 2.30. The highest BCUT2D eigenvalue weighted by Gasteiger charge is 2.14. The van der Waals surface area contributed by atoms with E-state index in [2.05, 4.69) is 13.8 Å². The Kier molecular flexibility index (Phi) is 25.1. The van der Waals surface area contributed by atoms with Gasteiger partial charge < -0.3 is 14.9 Å². The molecule has 0 unspecified atom stereocenters. The molecule has 6 heteroatoms. The van der Waals surface area contributed by atoms with Gasteiger partial charge in [0.25, 0.3) is 0 Å². The van der Waals surface area contributed by atoms with Gasteiger partial charge in [-0.25, -0.2) is 4.39 Å². The molecule has 0 bridgehead atoms. The van der Waals surface area contributed by atoms with Crippen LogP contribution in [0.5, 0.6) is 0 Å². The fourth-order valence-electron chi connectivity index (χ4n) is 3.77. The Balaban J connectivity index is 0. The van der Waals surface area contributed by atoms with E-state index in [0.29, 0.717) is 0 Å². The number of hydrogen-bond acceptors (Lipinski definition) is 5. The molecule has 37 heavy (non-hydrogen) atoms. The molecule has 4 rings (SSSR count). The van der Waals surface area contributed by atoms with Crippen LogP contribution in [0, 0.1) is 24.6 Å². The standard InChI is InChI=1S/C12H9FOS.2C7H14O.2C2H6.CH4O/c1-8-6-11(15-12(8)7-14)9-2-4-10(13)5-3-9;1-6-2-4-7(8)5-3-6;1-2-7-3-5-8-6-4-7;3*1-2/h2-7H,1H3;6-8H,2-5H2,1H3;7H,2-6H2,1H3;2*1-2H3;2H,1H3. The van der Waals surface area contributed by atoms with Crippen LogP contribution in [-0.2, 0) is 4.74 Å². The Morgan fingerprint density at radius 3 is 1.86 bits per heavy atom. The Labute approximate surface area is 230 Å². The van der Waals surface area contributed by atoms with Gasteiger partial charge in [0.2, 0.25) is 0 Å². The van der Waals surface area contributed by atoms with E-state index in [-0.39, 0.29) is 11.9 Å². The third kappa shape index (κ3) is 16.8. The minimum Gasteiger partial charge on any atom is -0.400 e. The predicted molar refractivity (Wildman–Crippen MR) is 158 cm³/mol. The van der Waals surface area contributed by atoms with Gasteiger partial charge in [0, 0.05) is 25.2 Å². The molecule has 2 aliphatic rings. The molecule has 0 spiro atoms. The van der Waals surface area contributed by atoms with Crippen molar-refractivity contribution in [1.82, 2.24) is 0 Å². The second kappa shape index (κ2) is 24.7. The molecule has 0 amide bonds. The monoisotopic (exact) mass is 540 g/mol. The SMILES string of the molecule is CC.CC.CC1CCC(O)CC1.CCC1CCOCC1.CO.Cc1cc(-c2ccc(F)cc2)sc1C=O. The summed E-state index contributed by atoms with van der Waals surface area (Å²) >= 11 is 1.43. The summed E-state index contributed by atoms with van der Waals surface area (Å²) in [4.78, 5) is 12.4. The molecule has 2 N–H and O–H groups in total. The second-order valence-electron chi connectivity index (χ2n) is 8.66. The first-order valence-corrected chi connectivity index (χ1v) is 14.8. The Morgan fingerprint density at radius 2 is 1.49 bits per heavy atom. The van der Waals surface area contributed by atoms with E-state index >= 15 is 0 Å². The Morgan fingerprint density at radius 1 is 0.973 bits per heavy atom. The maximum atomic E-state index is 12.7. The summed E-state index contributed by atoms with van der Waals surface area (Å²) in [6, 6.07) is 8.22. The van der Waals surface area contributed by atoms with Crippen LogP contribution in [0.2, 0.25) is 0 Å². The van der Waals surface area contributed by atoms with Gasteiger partial charge in [-0.15, -0.1) is 11.3 Å². The lowest BCUT2D eigenvalue weighted by Gasteiger charge is -2.21. The lowest BCUT2D eigenvalue weighted by atomic mass is 9.89. The highest BCUT2D eigenvalue weighted by atomic mass is 32.1. The molecular weight excluding hydrogens is 487 g/mol. The zero-order valence-corrected chi connectivity index (χ0v) is 25.4. The van der Waals surface area contributed by atoms with Gasteiger partial charge in [0.1, 0.15) is 5.82 Å². The molecule has 2 aromatic rings. The maximum Gasteiger partial charge on any atom is 0.160 e. The minimum atomic E-state index is -0.248. The number of hydrogen-bond donors (Lipinski definition) is 2. The molecule has 1 saturated heterocycles. The van der Waals surface area contributed by atoms with Crippen molar-refractivity contribution in [2.24, 2.45) is 11.8 Å². The number of aldehydes is 1. The van der Waals surface area contributed by atoms with Gasteiger partial charge in [-0.05, 0) is 86.6 Å². The molecule has 1 aliphatic carbocycles. The molecule has 0 radical (unpaired) electrons. The number of benzene rings is 1. The van der Waals surface area contributed by atoms with Crippen molar-refractivity contribution in [2.75, 3.05) is 20.3 Å². The molecule has 214 valence electrons. The van der Waals surface area contributed by atoms with Crippen molar-refractivity contribution in [3.8, 4) is 10.4 Å². The lowest BCUT2D eigenvalue weighted by Crippen LogP contribution is -2.15. The first-order chi connectivity index (χ1) is 17.9. The van der Waals surface area contributed by atoms with E-state index in [1.165, 1.54) is 55.6 Å². The smallest absolute Gasteiger partial charge is 0.160 e. The van der Waals surface area contributed by atoms with Crippen molar-refractivity contribution in [2.45, 2.75) is 99.5 Å². The Bertz CT molecular complexity index is 752. The van der Waals surface area contributed by atoms with E-state index < -0.39 is 0 Å². The minimum absolute atomic E-state index is 0.0196. The van der Waals surface area contributed by atoms with Gasteiger partial charge in [0.05, 0.1) is 11.0 Å². The van der Waals surface area contributed by atoms with Crippen LogP contribution in [-0.4, -0.2) is 42.9 Å². The maximum absolute atomic E-state index is 12.7. The molecule has 2 heterocycles. The van der Waals surface area contributed by atoms with Crippen LogP contribution in [0.4, 0.5) is 4.39 Å². The van der Waals surface area contributed by atoms with E-state index in [9.17, 15) is 9.18 Å². The molecule has 2 fully saturated rings. The van der Waals surface area contributed by atoms with E-state index in [1.54, 1.807) is 12.1 Å². The van der Waals surface area contributed by atoms with Crippen molar-refractivity contribution >= 4 is 17.6 Å². The van der Waals surface area contributed by atoms with Gasteiger partial charge >= 0.3 is 0 Å². The molecule has 1 aromatic carbocycles. The Hall–Kier alpha value is -1.60.